The molecule has 0 radical (unpaired) electrons. The maximum atomic E-state index is 13.3. The summed E-state index contributed by atoms with van der Waals surface area (Å²) in [5.74, 6) is -0.0108. The second-order valence-corrected chi connectivity index (χ2v) is 8.97. The van der Waals surface area contributed by atoms with Crippen molar-refractivity contribution in [3.8, 4) is 0 Å². The molecule has 138 valence electrons. The summed E-state index contributed by atoms with van der Waals surface area (Å²) in [6.45, 7) is 9.38. The molecule has 1 amide bonds. The van der Waals surface area contributed by atoms with Gasteiger partial charge in [-0.2, -0.15) is 0 Å². The second-order valence-electron chi connectivity index (χ2n) is 6.76. The van der Waals surface area contributed by atoms with Gasteiger partial charge in [-0.3, -0.25) is 9.69 Å². The minimum absolute atomic E-state index is 0.0108. The number of hydrogen-bond acceptors (Lipinski definition) is 6. The standard InChI is InChI=1S/C19H24N4OS2/c1-11-7-8-15-16(12(11)2)21-19(26-15)23(10-9-22(5)6)18(24)17-13(3)20-14(4)25-17/h7-8H,9-10H2,1-6H3. The summed E-state index contributed by atoms with van der Waals surface area (Å²) in [6.07, 6.45) is 0. The zero-order valence-corrected chi connectivity index (χ0v) is 17.7. The van der Waals surface area contributed by atoms with Crippen LogP contribution in [0, 0.1) is 27.7 Å². The molecule has 26 heavy (non-hydrogen) atoms. The monoisotopic (exact) mass is 388 g/mol. The zero-order valence-electron chi connectivity index (χ0n) is 16.1. The minimum atomic E-state index is -0.0108. The van der Waals surface area contributed by atoms with Crippen LogP contribution in [0.15, 0.2) is 12.1 Å². The van der Waals surface area contributed by atoms with Gasteiger partial charge in [-0.25, -0.2) is 9.97 Å². The highest BCUT2D eigenvalue weighted by Crippen LogP contribution is 2.33. The molecule has 0 saturated carbocycles. The number of rotatable bonds is 5. The number of fused-ring (bicyclic) bond motifs is 1. The Kier molecular flexibility index (Phi) is 5.41. The van der Waals surface area contributed by atoms with Crippen molar-refractivity contribution in [2.24, 2.45) is 0 Å². The third kappa shape index (κ3) is 3.65. The van der Waals surface area contributed by atoms with Crippen molar-refractivity contribution in [1.82, 2.24) is 14.9 Å². The first-order valence-electron chi connectivity index (χ1n) is 8.55. The van der Waals surface area contributed by atoms with Gasteiger partial charge in [-0.1, -0.05) is 17.4 Å². The van der Waals surface area contributed by atoms with E-state index in [2.05, 4.69) is 35.9 Å². The molecule has 7 heteroatoms. The predicted octanol–water partition coefficient (Wildman–Crippen LogP) is 4.19. The molecule has 3 rings (SSSR count). The molecule has 0 spiro atoms. The fraction of sp³-hybridized carbons (Fsp3) is 0.421. The zero-order chi connectivity index (χ0) is 19.0. The Hall–Kier alpha value is -1.83. The van der Waals surface area contributed by atoms with E-state index in [9.17, 15) is 4.79 Å². The Morgan fingerprint density at radius 2 is 1.77 bits per heavy atom. The van der Waals surface area contributed by atoms with Gasteiger partial charge in [0.2, 0.25) is 0 Å². The predicted molar refractivity (Wildman–Crippen MR) is 111 cm³/mol. The number of carbonyl (C=O) groups excluding carboxylic acids is 1. The van der Waals surface area contributed by atoms with Crippen molar-refractivity contribution in [2.45, 2.75) is 27.7 Å². The molecule has 0 bridgehead atoms. The van der Waals surface area contributed by atoms with Gasteiger partial charge in [0.15, 0.2) is 5.13 Å². The summed E-state index contributed by atoms with van der Waals surface area (Å²) in [5.41, 5.74) is 4.18. The maximum Gasteiger partial charge on any atom is 0.272 e. The topological polar surface area (TPSA) is 49.3 Å². The number of aromatic nitrogens is 2. The molecule has 0 fully saturated rings. The van der Waals surface area contributed by atoms with Crippen LogP contribution in [0.4, 0.5) is 5.13 Å². The van der Waals surface area contributed by atoms with Crippen LogP contribution in [0.25, 0.3) is 10.2 Å². The molecule has 3 aromatic rings. The van der Waals surface area contributed by atoms with Crippen molar-refractivity contribution in [1.29, 1.82) is 0 Å². The average molecular weight is 389 g/mol. The summed E-state index contributed by atoms with van der Waals surface area (Å²) < 4.78 is 1.11. The number of hydrogen-bond donors (Lipinski definition) is 0. The van der Waals surface area contributed by atoms with E-state index in [1.807, 2.05) is 27.9 Å². The molecule has 2 aromatic heterocycles. The van der Waals surface area contributed by atoms with Crippen molar-refractivity contribution in [3.63, 3.8) is 0 Å². The van der Waals surface area contributed by atoms with E-state index in [4.69, 9.17) is 4.98 Å². The van der Waals surface area contributed by atoms with Crippen LogP contribution < -0.4 is 4.90 Å². The quantitative estimate of drug-likeness (QED) is 0.657. The molecular weight excluding hydrogens is 364 g/mol. The van der Waals surface area contributed by atoms with E-state index < -0.39 is 0 Å². The number of amides is 1. The number of benzene rings is 1. The highest BCUT2D eigenvalue weighted by Gasteiger charge is 2.25. The SMILES string of the molecule is Cc1nc(C)c(C(=O)N(CCN(C)C)c2nc3c(C)c(C)ccc3s2)s1. The van der Waals surface area contributed by atoms with Gasteiger partial charge in [0.25, 0.3) is 5.91 Å². The van der Waals surface area contributed by atoms with Gasteiger partial charge in [0.05, 0.1) is 20.9 Å². The second kappa shape index (κ2) is 7.42. The normalized spacial score (nSPS) is 11.5. The average Bonchev–Trinajstić information content (AvgIpc) is 3.14. The van der Waals surface area contributed by atoms with Gasteiger partial charge in [-0.15, -0.1) is 11.3 Å². The number of likely N-dealkylation sites (N-methyl/N-ethyl adjacent to an activating group) is 1. The summed E-state index contributed by atoms with van der Waals surface area (Å²) in [4.78, 5) is 27.1. The fourth-order valence-electron chi connectivity index (χ4n) is 2.77. The molecule has 0 atom stereocenters. The van der Waals surface area contributed by atoms with Crippen molar-refractivity contribution in [2.75, 3.05) is 32.1 Å². The van der Waals surface area contributed by atoms with Crippen LogP contribution in [-0.2, 0) is 0 Å². The number of anilines is 1. The van der Waals surface area contributed by atoms with Crippen LogP contribution in [-0.4, -0.2) is 48.0 Å². The molecule has 0 unspecified atom stereocenters. The van der Waals surface area contributed by atoms with E-state index in [0.717, 1.165) is 32.6 Å². The van der Waals surface area contributed by atoms with Crippen LogP contribution in [0.5, 0.6) is 0 Å². The first-order valence-corrected chi connectivity index (χ1v) is 10.2. The summed E-state index contributed by atoms with van der Waals surface area (Å²) in [7, 11) is 4.02. The fourth-order valence-corrected chi connectivity index (χ4v) is 4.68. The molecule has 0 aliphatic carbocycles. The Bertz CT molecular complexity index is 958. The van der Waals surface area contributed by atoms with Gasteiger partial charge in [0.1, 0.15) is 4.88 Å². The first-order chi connectivity index (χ1) is 12.3. The van der Waals surface area contributed by atoms with Gasteiger partial charge in [-0.05, 0) is 59.0 Å². The smallest absolute Gasteiger partial charge is 0.272 e. The molecule has 2 heterocycles. The molecule has 0 N–H and O–H groups in total. The van der Waals surface area contributed by atoms with Crippen molar-refractivity contribution in [3.05, 3.63) is 38.8 Å². The lowest BCUT2D eigenvalue weighted by Gasteiger charge is -2.21. The van der Waals surface area contributed by atoms with Crippen molar-refractivity contribution < 1.29 is 4.79 Å². The summed E-state index contributed by atoms with van der Waals surface area (Å²) in [6, 6.07) is 4.21. The van der Waals surface area contributed by atoms with Crippen LogP contribution in [0.2, 0.25) is 0 Å². The number of nitrogens with zero attached hydrogens (tertiary/aromatic N) is 4. The Labute approximate surface area is 162 Å². The molecule has 1 aromatic carbocycles. The van der Waals surface area contributed by atoms with Gasteiger partial charge >= 0.3 is 0 Å². The Morgan fingerprint density at radius 3 is 2.38 bits per heavy atom. The number of aryl methyl sites for hydroxylation is 4. The summed E-state index contributed by atoms with van der Waals surface area (Å²) in [5, 5.41) is 1.67. The lowest BCUT2D eigenvalue weighted by molar-refractivity contribution is 0.0988. The lowest BCUT2D eigenvalue weighted by Crippen LogP contribution is -2.36. The molecule has 0 saturated heterocycles. The highest BCUT2D eigenvalue weighted by atomic mass is 32.1. The molecule has 5 nitrogen and oxygen atoms in total. The van der Waals surface area contributed by atoms with E-state index in [1.54, 1.807) is 16.2 Å². The van der Waals surface area contributed by atoms with E-state index in [-0.39, 0.29) is 5.91 Å². The van der Waals surface area contributed by atoms with Gasteiger partial charge in [0, 0.05) is 13.1 Å². The minimum Gasteiger partial charge on any atom is -0.308 e. The maximum absolute atomic E-state index is 13.3. The largest absolute Gasteiger partial charge is 0.308 e. The van der Waals surface area contributed by atoms with Crippen LogP contribution in [0.3, 0.4) is 0 Å². The molecular formula is C19H24N4OS2. The van der Waals surface area contributed by atoms with E-state index >= 15 is 0 Å². The summed E-state index contributed by atoms with van der Waals surface area (Å²) >= 11 is 3.03. The van der Waals surface area contributed by atoms with E-state index in [1.165, 1.54) is 22.5 Å². The lowest BCUT2D eigenvalue weighted by atomic mass is 10.1. The molecule has 0 aliphatic heterocycles. The molecule has 0 aliphatic rings. The van der Waals surface area contributed by atoms with Gasteiger partial charge < -0.3 is 4.90 Å². The first kappa shape index (κ1) is 18.9. The third-order valence-corrected chi connectivity index (χ3v) is 6.52. The Balaban J connectivity index is 2.05. The number of thiazole rings is 2. The Morgan fingerprint density at radius 1 is 1.04 bits per heavy atom. The highest BCUT2D eigenvalue weighted by molar-refractivity contribution is 7.22. The van der Waals surface area contributed by atoms with Crippen LogP contribution in [0.1, 0.15) is 31.5 Å². The van der Waals surface area contributed by atoms with E-state index in [0.29, 0.717) is 11.4 Å². The van der Waals surface area contributed by atoms with Crippen molar-refractivity contribution >= 4 is 43.9 Å². The van der Waals surface area contributed by atoms with Crippen LogP contribution >= 0.6 is 22.7 Å². The number of carbonyl (C=O) groups is 1. The third-order valence-electron chi connectivity index (χ3n) is 4.42.